The lowest BCUT2D eigenvalue weighted by atomic mass is 10.2. The van der Waals surface area contributed by atoms with Crippen LogP contribution in [0.1, 0.15) is 16.8 Å². The molecular formula is C12H9BrN2OS. The van der Waals surface area contributed by atoms with Crippen LogP contribution in [0.15, 0.2) is 44.6 Å². The quantitative estimate of drug-likeness (QED) is 0.785. The predicted octanol–water partition coefficient (Wildman–Crippen LogP) is 3.70. The molecule has 1 atom stereocenters. The van der Waals surface area contributed by atoms with E-state index in [9.17, 15) is 0 Å². The van der Waals surface area contributed by atoms with E-state index in [0.29, 0.717) is 5.89 Å². The molecule has 3 nitrogen and oxygen atoms in total. The maximum Gasteiger partial charge on any atom is 0.217 e. The van der Waals surface area contributed by atoms with Gasteiger partial charge in [0, 0.05) is 4.88 Å². The lowest BCUT2D eigenvalue weighted by Gasteiger charge is -2.02. The number of halogens is 1. The first-order valence-corrected chi connectivity index (χ1v) is 6.77. The van der Waals surface area contributed by atoms with Gasteiger partial charge in [-0.3, -0.25) is 0 Å². The molecule has 0 radical (unpaired) electrons. The highest BCUT2D eigenvalue weighted by Crippen LogP contribution is 2.29. The highest BCUT2D eigenvalue weighted by atomic mass is 79.9. The average molecular weight is 309 g/mol. The van der Waals surface area contributed by atoms with E-state index in [1.807, 2.05) is 35.7 Å². The van der Waals surface area contributed by atoms with Crippen molar-refractivity contribution in [1.82, 2.24) is 4.98 Å². The van der Waals surface area contributed by atoms with Crippen molar-refractivity contribution in [1.29, 1.82) is 0 Å². The molecule has 86 valence electrons. The zero-order valence-electron chi connectivity index (χ0n) is 8.76. The highest BCUT2D eigenvalue weighted by Gasteiger charge is 2.17. The molecule has 5 heteroatoms. The van der Waals surface area contributed by atoms with Gasteiger partial charge in [0.2, 0.25) is 5.89 Å². The molecule has 0 aliphatic rings. The Kier molecular flexibility index (Phi) is 2.74. The van der Waals surface area contributed by atoms with E-state index in [0.717, 1.165) is 20.4 Å². The summed E-state index contributed by atoms with van der Waals surface area (Å²) in [5, 5.41) is 1.99. The van der Waals surface area contributed by atoms with Crippen molar-refractivity contribution in [2.24, 2.45) is 5.73 Å². The molecule has 1 aromatic carbocycles. The monoisotopic (exact) mass is 308 g/mol. The van der Waals surface area contributed by atoms with Gasteiger partial charge < -0.3 is 10.2 Å². The van der Waals surface area contributed by atoms with Crippen LogP contribution in [0, 0.1) is 0 Å². The average Bonchev–Trinajstić information content (AvgIpc) is 2.98. The lowest BCUT2D eigenvalue weighted by Crippen LogP contribution is -2.10. The van der Waals surface area contributed by atoms with Gasteiger partial charge in [0.1, 0.15) is 11.6 Å². The molecule has 0 fully saturated rings. The summed E-state index contributed by atoms with van der Waals surface area (Å²) >= 11 is 5.04. The Hall–Kier alpha value is -1.17. The van der Waals surface area contributed by atoms with E-state index in [2.05, 4.69) is 20.9 Å². The molecule has 3 aromatic rings. The summed E-state index contributed by atoms with van der Waals surface area (Å²) in [5.41, 5.74) is 7.68. The number of rotatable bonds is 2. The molecule has 0 saturated carbocycles. The highest BCUT2D eigenvalue weighted by molar-refractivity contribution is 9.10. The van der Waals surface area contributed by atoms with E-state index in [4.69, 9.17) is 10.2 Å². The minimum Gasteiger partial charge on any atom is -0.437 e. The van der Waals surface area contributed by atoms with Crippen molar-refractivity contribution in [2.75, 3.05) is 0 Å². The second-order valence-electron chi connectivity index (χ2n) is 3.63. The van der Waals surface area contributed by atoms with Crippen LogP contribution in [-0.2, 0) is 0 Å². The van der Waals surface area contributed by atoms with Gasteiger partial charge in [-0.15, -0.1) is 11.3 Å². The van der Waals surface area contributed by atoms with Crippen LogP contribution in [0.25, 0.3) is 11.1 Å². The Morgan fingerprint density at radius 3 is 2.88 bits per heavy atom. The van der Waals surface area contributed by atoms with E-state index in [-0.39, 0.29) is 6.04 Å². The van der Waals surface area contributed by atoms with Crippen molar-refractivity contribution in [2.45, 2.75) is 6.04 Å². The summed E-state index contributed by atoms with van der Waals surface area (Å²) in [6, 6.07) is 9.42. The van der Waals surface area contributed by atoms with Crippen LogP contribution >= 0.6 is 27.3 Å². The number of hydrogen-bond donors (Lipinski definition) is 1. The van der Waals surface area contributed by atoms with Gasteiger partial charge in [-0.1, -0.05) is 12.1 Å². The second kappa shape index (κ2) is 4.25. The van der Waals surface area contributed by atoms with Gasteiger partial charge in [0.15, 0.2) is 5.58 Å². The van der Waals surface area contributed by atoms with Crippen LogP contribution < -0.4 is 5.73 Å². The standard InChI is InChI=1S/C12H9BrN2OS/c13-7-3-1-4-8-11(7)16-12(15-8)10(14)9-5-2-6-17-9/h1-6,10H,14H2. The number of nitrogens with two attached hydrogens (primary N) is 1. The van der Waals surface area contributed by atoms with Crippen molar-refractivity contribution in [3.05, 3.63) is 51.0 Å². The van der Waals surface area contributed by atoms with Crippen LogP contribution in [0.3, 0.4) is 0 Å². The maximum absolute atomic E-state index is 6.11. The molecule has 0 amide bonds. The van der Waals surface area contributed by atoms with Gasteiger partial charge >= 0.3 is 0 Å². The number of fused-ring (bicyclic) bond motifs is 1. The topological polar surface area (TPSA) is 52.0 Å². The molecule has 0 aliphatic carbocycles. The zero-order chi connectivity index (χ0) is 11.8. The van der Waals surface area contributed by atoms with Crippen molar-refractivity contribution in [3.8, 4) is 0 Å². The number of oxazole rings is 1. The second-order valence-corrected chi connectivity index (χ2v) is 5.47. The van der Waals surface area contributed by atoms with E-state index in [1.54, 1.807) is 11.3 Å². The van der Waals surface area contributed by atoms with E-state index >= 15 is 0 Å². The molecule has 17 heavy (non-hydrogen) atoms. The summed E-state index contributed by atoms with van der Waals surface area (Å²) in [6.45, 7) is 0. The Morgan fingerprint density at radius 1 is 1.29 bits per heavy atom. The number of thiophene rings is 1. The molecule has 2 heterocycles. The first-order chi connectivity index (χ1) is 8.25. The van der Waals surface area contributed by atoms with Crippen molar-refractivity contribution >= 4 is 38.4 Å². The number of nitrogens with zero attached hydrogens (tertiary/aromatic N) is 1. The SMILES string of the molecule is NC(c1nc2cccc(Br)c2o1)c1cccs1. The summed E-state index contributed by atoms with van der Waals surface area (Å²) in [4.78, 5) is 5.46. The zero-order valence-corrected chi connectivity index (χ0v) is 11.2. The predicted molar refractivity (Wildman–Crippen MR) is 72.1 cm³/mol. The van der Waals surface area contributed by atoms with Gasteiger partial charge in [-0.2, -0.15) is 0 Å². The number of benzene rings is 1. The summed E-state index contributed by atoms with van der Waals surface area (Å²) in [5.74, 6) is 0.550. The van der Waals surface area contributed by atoms with Crippen LogP contribution in [0.2, 0.25) is 0 Å². The normalized spacial score (nSPS) is 13.1. The van der Waals surface area contributed by atoms with Gasteiger partial charge in [0.25, 0.3) is 0 Å². The minimum absolute atomic E-state index is 0.297. The molecule has 0 bridgehead atoms. The fraction of sp³-hybridized carbons (Fsp3) is 0.0833. The third-order valence-corrected chi connectivity index (χ3v) is 4.08. The molecule has 0 spiro atoms. The van der Waals surface area contributed by atoms with Crippen LogP contribution in [0.4, 0.5) is 0 Å². The molecule has 1 unspecified atom stereocenters. The summed E-state index contributed by atoms with van der Waals surface area (Å²) in [7, 11) is 0. The smallest absolute Gasteiger partial charge is 0.217 e. The molecule has 0 saturated heterocycles. The van der Waals surface area contributed by atoms with E-state index in [1.165, 1.54) is 0 Å². The maximum atomic E-state index is 6.11. The molecular weight excluding hydrogens is 300 g/mol. The minimum atomic E-state index is -0.297. The number of para-hydroxylation sites is 1. The third kappa shape index (κ3) is 1.90. The molecule has 2 aromatic heterocycles. The third-order valence-electron chi connectivity index (χ3n) is 2.50. The van der Waals surface area contributed by atoms with Gasteiger partial charge in [-0.25, -0.2) is 4.98 Å². The summed E-state index contributed by atoms with van der Waals surface area (Å²) < 4.78 is 6.60. The molecule has 3 rings (SSSR count). The fourth-order valence-electron chi connectivity index (χ4n) is 1.66. The fourth-order valence-corrected chi connectivity index (χ4v) is 2.81. The summed E-state index contributed by atoms with van der Waals surface area (Å²) in [6.07, 6.45) is 0. The number of aromatic nitrogens is 1. The Bertz CT molecular complexity index is 648. The van der Waals surface area contributed by atoms with Crippen LogP contribution in [-0.4, -0.2) is 4.98 Å². The van der Waals surface area contributed by atoms with Crippen LogP contribution in [0.5, 0.6) is 0 Å². The number of hydrogen-bond acceptors (Lipinski definition) is 4. The first kappa shape index (κ1) is 11.0. The lowest BCUT2D eigenvalue weighted by molar-refractivity contribution is 0.506. The van der Waals surface area contributed by atoms with Crippen molar-refractivity contribution < 1.29 is 4.42 Å². The Balaban J connectivity index is 2.10. The van der Waals surface area contributed by atoms with Crippen molar-refractivity contribution in [3.63, 3.8) is 0 Å². The largest absolute Gasteiger partial charge is 0.437 e. The molecule has 2 N–H and O–H groups in total. The first-order valence-electron chi connectivity index (χ1n) is 5.09. The molecule has 0 aliphatic heterocycles. The van der Waals surface area contributed by atoms with E-state index < -0.39 is 0 Å². The van der Waals surface area contributed by atoms with Gasteiger partial charge in [0.05, 0.1) is 4.47 Å². The Labute approximate surface area is 110 Å². The Morgan fingerprint density at radius 2 is 2.18 bits per heavy atom. The van der Waals surface area contributed by atoms with Gasteiger partial charge in [-0.05, 0) is 39.5 Å².